The van der Waals surface area contributed by atoms with Crippen LogP contribution >= 0.6 is 34.2 Å². The summed E-state index contributed by atoms with van der Waals surface area (Å²) in [6, 6.07) is 6.54. The molecular weight excluding hydrogens is 569 g/mol. The Kier molecular flexibility index (Phi) is 6.25. The fourth-order valence-electron chi connectivity index (χ4n) is 3.87. The van der Waals surface area contributed by atoms with Crippen molar-refractivity contribution < 1.29 is 18.3 Å². The van der Waals surface area contributed by atoms with Gasteiger partial charge in [-0.15, -0.1) is 0 Å². The lowest BCUT2D eigenvalue weighted by Gasteiger charge is -2.36. The molecule has 3 aromatic rings. The summed E-state index contributed by atoms with van der Waals surface area (Å²) in [5.41, 5.74) is 1.18. The highest BCUT2D eigenvalue weighted by molar-refractivity contribution is 14.1. The molecule has 1 aromatic carbocycles. The molecule has 0 atom stereocenters. The lowest BCUT2D eigenvalue weighted by Crippen LogP contribution is -2.45. The van der Waals surface area contributed by atoms with Gasteiger partial charge in [-0.1, -0.05) is 17.7 Å². The third kappa shape index (κ3) is 4.13. The van der Waals surface area contributed by atoms with Gasteiger partial charge in [0.05, 0.1) is 10.3 Å². The number of aromatic nitrogens is 3. The van der Waals surface area contributed by atoms with Gasteiger partial charge in [-0.05, 0) is 66.1 Å². The van der Waals surface area contributed by atoms with Gasteiger partial charge in [0.1, 0.15) is 5.82 Å². The second-order valence-electron chi connectivity index (χ2n) is 7.72. The van der Waals surface area contributed by atoms with Gasteiger partial charge in [0.15, 0.2) is 5.65 Å². The minimum atomic E-state index is -3.88. The van der Waals surface area contributed by atoms with Gasteiger partial charge in [-0.3, -0.25) is 0 Å². The number of anilines is 1. The van der Waals surface area contributed by atoms with Crippen LogP contribution in [0.5, 0.6) is 0 Å². The quantitative estimate of drug-likeness (QED) is 0.364. The highest BCUT2D eigenvalue weighted by Gasteiger charge is 2.30. The molecule has 32 heavy (non-hydrogen) atoms. The van der Waals surface area contributed by atoms with Crippen molar-refractivity contribution in [2.75, 3.05) is 25.0 Å². The van der Waals surface area contributed by atoms with E-state index in [4.69, 9.17) is 11.6 Å². The SMILES string of the molecule is Cc1ccc(S(=O)(=O)n2cc(I)c3c(N4CCC(N(C)C(=O)O)CC4)nc(Cl)nc32)cc1. The Bertz CT molecular complexity index is 1290. The van der Waals surface area contributed by atoms with Crippen molar-refractivity contribution in [3.63, 3.8) is 0 Å². The normalized spacial score (nSPS) is 15.3. The summed E-state index contributed by atoms with van der Waals surface area (Å²) >= 11 is 8.30. The maximum Gasteiger partial charge on any atom is 0.407 e. The van der Waals surface area contributed by atoms with E-state index in [0.717, 1.165) is 9.54 Å². The van der Waals surface area contributed by atoms with Gasteiger partial charge in [0.25, 0.3) is 10.0 Å². The summed E-state index contributed by atoms with van der Waals surface area (Å²) in [5.74, 6) is 0.554. The highest BCUT2D eigenvalue weighted by Crippen LogP contribution is 2.34. The molecule has 3 heterocycles. The molecule has 1 N–H and O–H groups in total. The molecule has 1 aliphatic heterocycles. The smallest absolute Gasteiger partial charge is 0.407 e. The summed E-state index contributed by atoms with van der Waals surface area (Å²) in [4.78, 5) is 23.4. The molecular formula is C20H21ClIN5O4S. The molecule has 170 valence electrons. The molecule has 0 saturated carbocycles. The Morgan fingerprint density at radius 1 is 1.22 bits per heavy atom. The average molecular weight is 590 g/mol. The molecule has 12 heteroatoms. The summed E-state index contributed by atoms with van der Waals surface area (Å²) in [7, 11) is -2.31. The van der Waals surface area contributed by atoms with Crippen LogP contribution in [0, 0.1) is 10.5 Å². The van der Waals surface area contributed by atoms with E-state index in [9.17, 15) is 18.3 Å². The van der Waals surface area contributed by atoms with Gasteiger partial charge in [0, 0.05) is 35.9 Å². The van der Waals surface area contributed by atoms with Crippen molar-refractivity contribution in [1.82, 2.24) is 18.8 Å². The number of fused-ring (bicyclic) bond motifs is 1. The fraction of sp³-hybridized carbons (Fsp3) is 0.350. The van der Waals surface area contributed by atoms with Crippen molar-refractivity contribution in [2.24, 2.45) is 0 Å². The number of halogens is 2. The first-order chi connectivity index (χ1) is 15.1. The first kappa shape index (κ1) is 23.1. The number of rotatable bonds is 4. The summed E-state index contributed by atoms with van der Waals surface area (Å²) in [5, 5.41) is 9.79. The van der Waals surface area contributed by atoms with E-state index < -0.39 is 16.1 Å². The summed E-state index contributed by atoms with van der Waals surface area (Å²) in [6.45, 7) is 3.02. The van der Waals surface area contributed by atoms with Crippen LogP contribution in [0.3, 0.4) is 0 Å². The molecule has 2 aromatic heterocycles. The molecule has 1 fully saturated rings. The number of piperidine rings is 1. The van der Waals surface area contributed by atoms with Crippen molar-refractivity contribution in [3.8, 4) is 0 Å². The molecule has 1 aliphatic rings. The van der Waals surface area contributed by atoms with Gasteiger partial charge >= 0.3 is 6.09 Å². The van der Waals surface area contributed by atoms with Crippen LogP contribution in [0.4, 0.5) is 10.6 Å². The maximum atomic E-state index is 13.3. The second-order valence-corrected chi connectivity index (χ2v) is 11.0. The van der Waals surface area contributed by atoms with Gasteiger partial charge in [-0.2, -0.15) is 9.97 Å². The zero-order valence-electron chi connectivity index (χ0n) is 17.4. The van der Waals surface area contributed by atoms with E-state index >= 15 is 0 Å². The van der Waals surface area contributed by atoms with Crippen LogP contribution < -0.4 is 4.90 Å². The number of hydrogen-bond acceptors (Lipinski definition) is 6. The molecule has 0 unspecified atom stereocenters. The van der Waals surface area contributed by atoms with Crippen molar-refractivity contribution in [3.05, 3.63) is 44.9 Å². The van der Waals surface area contributed by atoms with Gasteiger partial charge < -0.3 is 14.9 Å². The van der Waals surface area contributed by atoms with E-state index in [0.29, 0.717) is 40.7 Å². The van der Waals surface area contributed by atoms with Crippen LogP contribution in [0.2, 0.25) is 5.28 Å². The number of carbonyl (C=O) groups is 1. The Hall–Kier alpha value is -2.12. The van der Waals surface area contributed by atoms with Crippen LogP contribution in [0.15, 0.2) is 35.4 Å². The molecule has 0 aliphatic carbocycles. The minimum absolute atomic E-state index is 0.0490. The Labute approximate surface area is 204 Å². The van der Waals surface area contributed by atoms with Crippen molar-refractivity contribution in [2.45, 2.75) is 30.7 Å². The predicted octanol–water partition coefficient (Wildman–Crippen LogP) is 3.81. The third-order valence-corrected chi connectivity index (χ3v) is 8.36. The molecule has 1 amide bonds. The Balaban J connectivity index is 1.75. The number of carboxylic acid groups (broad SMARTS) is 1. The molecule has 1 saturated heterocycles. The van der Waals surface area contributed by atoms with E-state index in [2.05, 4.69) is 32.6 Å². The van der Waals surface area contributed by atoms with Crippen molar-refractivity contribution in [1.29, 1.82) is 0 Å². The maximum absolute atomic E-state index is 13.3. The van der Waals surface area contributed by atoms with E-state index in [1.165, 1.54) is 11.1 Å². The largest absolute Gasteiger partial charge is 0.465 e. The zero-order valence-corrected chi connectivity index (χ0v) is 21.1. The van der Waals surface area contributed by atoms with E-state index in [-0.39, 0.29) is 21.9 Å². The van der Waals surface area contributed by atoms with Crippen LogP contribution in [-0.4, -0.2) is 64.6 Å². The molecule has 0 bridgehead atoms. The molecule has 9 nitrogen and oxygen atoms in total. The van der Waals surface area contributed by atoms with Gasteiger partial charge in [-0.25, -0.2) is 17.2 Å². The highest BCUT2D eigenvalue weighted by atomic mass is 127. The Morgan fingerprint density at radius 2 is 1.84 bits per heavy atom. The summed E-state index contributed by atoms with van der Waals surface area (Å²) in [6.07, 6.45) is 1.83. The number of hydrogen-bond donors (Lipinski definition) is 1. The predicted molar refractivity (Wildman–Crippen MR) is 130 cm³/mol. The van der Waals surface area contributed by atoms with Crippen LogP contribution in [-0.2, 0) is 10.0 Å². The number of benzene rings is 1. The molecule has 0 spiro atoms. The van der Waals surface area contributed by atoms with Crippen molar-refractivity contribution >= 4 is 67.2 Å². The molecule has 0 radical (unpaired) electrons. The summed E-state index contributed by atoms with van der Waals surface area (Å²) < 4.78 is 28.5. The molecule has 4 rings (SSSR count). The first-order valence-corrected chi connectivity index (χ1v) is 12.8. The third-order valence-electron chi connectivity index (χ3n) is 5.71. The van der Waals surface area contributed by atoms with E-state index in [1.54, 1.807) is 31.3 Å². The zero-order chi connectivity index (χ0) is 23.2. The fourth-order valence-corrected chi connectivity index (χ4v) is 6.29. The number of aryl methyl sites for hydroxylation is 1. The number of amides is 1. The average Bonchev–Trinajstić information content (AvgIpc) is 3.10. The topological polar surface area (TPSA) is 109 Å². The van der Waals surface area contributed by atoms with Gasteiger partial charge in [0.2, 0.25) is 5.28 Å². The lowest BCUT2D eigenvalue weighted by atomic mass is 10.0. The lowest BCUT2D eigenvalue weighted by molar-refractivity contribution is 0.131. The standard InChI is InChI=1S/C20H21ClIN5O4S/c1-12-3-5-14(6-4-12)32(30,31)27-11-15(22)16-17(23-19(21)24-18(16)27)26-9-7-13(8-10-26)25(2)20(28)29/h3-6,11,13H,7-10H2,1-2H3,(H,28,29). The van der Waals surface area contributed by atoms with E-state index in [1.807, 2.05) is 11.8 Å². The minimum Gasteiger partial charge on any atom is -0.465 e. The monoisotopic (exact) mass is 589 g/mol. The number of nitrogens with zero attached hydrogens (tertiary/aromatic N) is 5. The van der Waals surface area contributed by atoms with Crippen LogP contribution in [0.25, 0.3) is 11.0 Å². The van der Waals surface area contributed by atoms with Crippen LogP contribution in [0.1, 0.15) is 18.4 Å². The Morgan fingerprint density at radius 3 is 2.44 bits per heavy atom. The second kappa shape index (κ2) is 8.67. The first-order valence-electron chi connectivity index (χ1n) is 9.86.